The Morgan fingerprint density at radius 1 is 1.00 bits per heavy atom. The first-order valence-electron chi connectivity index (χ1n) is 13.6. The number of nitrogens with one attached hydrogen (secondary N) is 2. The molecule has 2 atom stereocenters. The molecule has 0 bridgehead atoms. The zero-order chi connectivity index (χ0) is 25.0. The molecule has 5 heteroatoms. The Morgan fingerprint density at radius 2 is 1.63 bits per heavy atom. The van der Waals surface area contributed by atoms with E-state index in [-0.39, 0.29) is 17.9 Å². The molecule has 35 heavy (non-hydrogen) atoms. The van der Waals surface area contributed by atoms with Gasteiger partial charge in [-0.05, 0) is 60.3 Å². The summed E-state index contributed by atoms with van der Waals surface area (Å²) in [6.07, 6.45) is 12.2. The molecule has 2 aromatic carbocycles. The molecule has 0 spiro atoms. The van der Waals surface area contributed by atoms with Gasteiger partial charge in [0, 0.05) is 0 Å². The van der Waals surface area contributed by atoms with Crippen molar-refractivity contribution in [1.29, 1.82) is 5.41 Å². The van der Waals surface area contributed by atoms with Gasteiger partial charge in [-0.15, -0.1) is 5.48 Å². The quantitative estimate of drug-likeness (QED) is 0.257. The van der Waals surface area contributed by atoms with Gasteiger partial charge in [-0.2, -0.15) is 0 Å². The van der Waals surface area contributed by atoms with E-state index in [9.17, 15) is 0 Å². The zero-order valence-electron chi connectivity index (χ0n) is 21.9. The van der Waals surface area contributed by atoms with Gasteiger partial charge in [0.15, 0.2) is 6.17 Å². The lowest BCUT2D eigenvalue weighted by Crippen LogP contribution is -2.30. The number of hydroxylamine groups is 1. The lowest BCUT2D eigenvalue weighted by Gasteiger charge is -2.21. The smallest absolute Gasteiger partial charge is 0.222 e. The van der Waals surface area contributed by atoms with Crippen molar-refractivity contribution in [3.8, 4) is 0 Å². The molecule has 1 fully saturated rings. The van der Waals surface area contributed by atoms with Crippen LogP contribution in [-0.2, 0) is 24.1 Å². The van der Waals surface area contributed by atoms with Crippen molar-refractivity contribution in [2.24, 2.45) is 22.6 Å². The molecule has 1 heterocycles. The lowest BCUT2D eigenvalue weighted by atomic mass is 9.85. The summed E-state index contributed by atoms with van der Waals surface area (Å²) in [4.78, 5) is 10.2. The van der Waals surface area contributed by atoms with Gasteiger partial charge < -0.3 is 10.6 Å². The average molecular weight is 477 g/mol. The second-order valence-corrected chi connectivity index (χ2v) is 9.61. The SMILES string of the molecule is CC.CCC(C(=N)N)C1=NC(c2cccc(CCc3cccc(CCC4CCCCC4)c3)c2)NO1. The molecule has 5 nitrogen and oxygen atoms in total. The minimum atomic E-state index is -0.268. The number of aryl methyl sites for hydroxylation is 3. The number of benzene rings is 2. The Hall–Kier alpha value is -2.66. The summed E-state index contributed by atoms with van der Waals surface area (Å²) in [5.41, 5.74) is 13.9. The summed E-state index contributed by atoms with van der Waals surface area (Å²) >= 11 is 0. The lowest BCUT2D eigenvalue weighted by molar-refractivity contribution is 0.172. The van der Waals surface area contributed by atoms with Gasteiger partial charge >= 0.3 is 0 Å². The van der Waals surface area contributed by atoms with E-state index in [2.05, 4.69) is 59.0 Å². The van der Waals surface area contributed by atoms with Crippen molar-refractivity contribution >= 4 is 11.7 Å². The molecule has 1 aliphatic carbocycles. The number of rotatable bonds is 10. The van der Waals surface area contributed by atoms with E-state index in [1.807, 2.05) is 20.8 Å². The molecule has 1 aliphatic heterocycles. The first-order valence-corrected chi connectivity index (χ1v) is 13.6. The van der Waals surface area contributed by atoms with Crippen LogP contribution in [0, 0.1) is 17.2 Å². The van der Waals surface area contributed by atoms with Gasteiger partial charge in [0.1, 0.15) is 5.84 Å². The molecule has 0 saturated heterocycles. The second-order valence-electron chi connectivity index (χ2n) is 9.61. The maximum absolute atomic E-state index is 7.74. The normalized spacial score (nSPS) is 18.7. The molecule has 4 rings (SSSR count). The van der Waals surface area contributed by atoms with Gasteiger partial charge in [0.25, 0.3) is 0 Å². The Kier molecular flexibility index (Phi) is 10.8. The predicted molar refractivity (Wildman–Crippen MR) is 147 cm³/mol. The first-order chi connectivity index (χ1) is 17.1. The van der Waals surface area contributed by atoms with Crippen molar-refractivity contribution in [2.75, 3.05) is 0 Å². The van der Waals surface area contributed by atoms with Gasteiger partial charge in [-0.1, -0.05) is 101 Å². The summed E-state index contributed by atoms with van der Waals surface area (Å²) in [5, 5.41) is 7.74. The highest BCUT2D eigenvalue weighted by molar-refractivity contribution is 6.01. The van der Waals surface area contributed by atoms with Crippen molar-refractivity contribution in [1.82, 2.24) is 5.48 Å². The third-order valence-corrected chi connectivity index (χ3v) is 7.14. The maximum Gasteiger partial charge on any atom is 0.222 e. The summed E-state index contributed by atoms with van der Waals surface area (Å²) in [6, 6.07) is 17.7. The Morgan fingerprint density at radius 3 is 2.29 bits per heavy atom. The van der Waals surface area contributed by atoms with Crippen LogP contribution in [0.3, 0.4) is 0 Å². The Balaban J connectivity index is 0.00000167. The van der Waals surface area contributed by atoms with Crippen LogP contribution in [-0.4, -0.2) is 11.7 Å². The fraction of sp³-hybridized carbons (Fsp3) is 0.533. The molecule has 2 unspecified atom stereocenters. The standard InChI is InChI=1S/C28H38N4O.C2H6/c1-2-25(26(29)30)28-31-27(32-33-28)24-13-7-12-23(19-24)17-16-22-11-6-10-21(18-22)15-14-20-8-4-3-5-9-20;1-2/h6-7,10-13,18-20,25,27,32H,2-5,8-9,14-17H2,1H3,(H3,29,30);1-2H3. The number of amidine groups is 1. The molecule has 1 saturated carbocycles. The van der Waals surface area contributed by atoms with Crippen molar-refractivity contribution < 1.29 is 4.84 Å². The number of nitrogens with two attached hydrogens (primary N) is 1. The molecular weight excluding hydrogens is 432 g/mol. The predicted octanol–water partition coefficient (Wildman–Crippen LogP) is 6.90. The zero-order valence-corrected chi connectivity index (χ0v) is 21.9. The third-order valence-electron chi connectivity index (χ3n) is 7.14. The highest BCUT2D eigenvalue weighted by atomic mass is 16.7. The Bertz CT molecular complexity index is 964. The monoisotopic (exact) mass is 476 g/mol. The molecule has 0 radical (unpaired) electrons. The van der Waals surface area contributed by atoms with Crippen LogP contribution >= 0.6 is 0 Å². The summed E-state index contributed by atoms with van der Waals surface area (Å²) in [7, 11) is 0. The van der Waals surface area contributed by atoms with E-state index in [0.29, 0.717) is 12.3 Å². The van der Waals surface area contributed by atoms with E-state index in [0.717, 1.165) is 24.3 Å². The van der Waals surface area contributed by atoms with Crippen molar-refractivity contribution in [3.05, 3.63) is 70.8 Å². The Labute approximate surface area is 212 Å². The van der Waals surface area contributed by atoms with Crippen LogP contribution in [0.2, 0.25) is 0 Å². The average Bonchev–Trinajstić information content (AvgIpc) is 3.38. The molecule has 2 aliphatic rings. The summed E-state index contributed by atoms with van der Waals surface area (Å²) < 4.78 is 0. The molecule has 0 aromatic heterocycles. The van der Waals surface area contributed by atoms with E-state index in [1.54, 1.807) is 0 Å². The van der Waals surface area contributed by atoms with Crippen LogP contribution < -0.4 is 11.2 Å². The van der Waals surface area contributed by atoms with E-state index in [1.165, 1.54) is 61.6 Å². The highest BCUT2D eigenvalue weighted by Gasteiger charge is 2.27. The number of hydrogen-bond donors (Lipinski definition) is 3. The topological polar surface area (TPSA) is 83.5 Å². The number of nitrogens with zero attached hydrogens (tertiary/aromatic N) is 1. The fourth-order valence-electron chi connectivity index (χ4n) is 5.12. The van der Waals surface area contributed by atoms with Gasteiger partial charge in [-0.25, -0.2) is 4.99 Å². The van der Waals surface area contributed by atoms with Gasteiger partial charge in [0.05, 0.1) is 5.92 Å². The van der Waals surface area contributed by atoms with E-state index in [4.69, 9.17) is 16.0 Å². The molecule has 0 amide bonds. The molecule has 2 aromatic rings. The van der Waals surface area contributed by atoms with Crippen LogP contribution in [0.1, 0.15) is 94.1 Å². The first kappa shape index (κ1) is 26.9. The van der Waals surface area contributed by atoms with E-state index >= 15 is 0 Å². The van der Waals surface area contributed by atoms with Crippen LogP contribution in [0.4, 0.5) is 0 Å². The minimum absolute atomic E-state index is 0.0911. The fourth-order valence-corrected chi connectivity index (χ4v) is 5.12. The second kappa shape index (κ2) is 14.0. The summed E-state index contributed by atoms with van der Waals surface area (Å²) in [6.45, 7) is 5.98. The highest BCUT2D eigenvalue weighted by Crippen LogP contribution is 2.28. The van der Waals surface area contributed by atoms with Crippen LogP contribution in [0.15, 0.2) is 53.5 Å². The largest absolute Gasteiger partial charge is 0.390 e. The minimum Gasteiger partial charge on any atom is -0.390 e. The van der Waals surface area contributed by atoms with Crippen LogP contribution in [0.5, 0.6) is 0 Å². The maximum atomic E-state index is 7.74. The molecule has 4 N–H and O–H groups in total. The van der Waals surface area contributed by atoms with Crippen LogP contribution in [0.25, 0.3) is 0 Å². The number of hydrogen-bond acceptors (Lipinski definition) is 4. The molecular formula is C30H44N4O. The van der Waals surface area contributed by atoms with Crippen molar-refractivity contribution in [3.63, 3.8) is 0 Å². The third kappa shape index (κ3) is 7.93. The van der Waals surface area contributed by atoms with Crippen molar-refractivity contribution in [2.45, 2.75) is 91.1 Å². The molecule has 190 valence electrons. The summed E-state index contributed by atoms with van der Waals surface area (Å²) in [5.74, 6) is 1.26. The number of aliphatic imine (C=N–C) groups is 1. The van der Waals surface area contributed by atoms with Gasteiger partial charge in [0.2, 0.25) is 5.90 Å². The van der Waals surface area contributed by atoms with E-state index < -0.39 is 0 Å². The van der Waals surface area contributed by atoms with Gasteiger partial charge in [-0.3, -0.25) is 5.41 Å².